The highest BCUT2D eigenvalue weighted by Crippen LogP contribution is 2.24. The first-order valence-corrected chi connectivity index (χ1v) is 8.52. The molecule has 0 amide bonds. The fourth-order valence-electron chi connectivity index (χ4n) is 2.17. The number of hydrogen-bond acceptors (Lipinski definition) is 4. The molecule has 0 fully saturated rings. The number of aromatic nitrogens is 2. The van der Waals surface area contributed by atoms with E-state index in [1.165, 1.54) is 7.11 Å². The molecular formula is C15H21N3O3S. The van der Waals surface area contributed by atoms with Crippen LogP contribution in [0.1, 0.15) is 17.5 Å². The summed E-state index contributed by atoms with van der Waals surface area (Å²) in [5.41, 5.74) is 1.96. The predicted molar refractivity (Wildman–Crippen MR) is 84.4 cm³/mol. The number of sulfonamides is 1. The molecule has 0 atom stereocenters. The Labute approximate surface area is 131 Å². The van der Waals surface area contributed by atoms with Crippen LogP contribution in [0.2, 0.25) is 0 Å². The highest BCUT2D eigenvalue weighted by molar-refractivity contribution is 7.89. The number of aryl methyl sites for hydroxylation is 3. The maximum absolute atomic E-state index is 12.4. The molecule has 0 bridgehead atoms. The molecule has 2 rings (SSSR count). The summed E-state index contributed by atoms with van der Waals surface area (Å²) < 4.78 is 34.2. The van der Waals surface area contributed by atoms with Gasteiger partial charge >= 0.3 is 0 Å². The van der Waals surface area contributed by atoms with Crippen LogP contribution in [0.4, 0.5) is 0 Å². The number of benzene rings is 1. The van der Waals surface area contributed by atoms with Crippen LogP contribution in [0.3, 0.4) is 0 Å². The van der Waals surface area contributed by atoms with Crippen molar-refractivity contribution in [2.24, 2.45) is 7.05 Å². The monoisotopic (exact) mass is 323 g/mol. The maximum atomic E-state index is 12.4. The standard InChI is InChI=1S/C15H21N3O3S/c1-12-6-7-14(21-3)15(9-12)22(19,20)17-8-4-5-13-10-16-18(2)11-13/h6-7,9-11,17H,4-5,8H2,1-3H3. The van der Waals surface area contributed by atoms with Crippen molar-refractivity contribution in [2.75, 3.05) is 13.7 Å². The van der Waals surface area contributed by atoms with Crippen LogP contribution in [0, 0.1) is 6.92 Å². The van der Waals surface area contributed by atoms with Crippen LogP contribution in [-0.2, 0) is 23.5 Å². The molecule has 0 spiro atoms. The Hall–Kier alpha value is -1.86. The smallest absolute Gasteiger partial charge is 0.244 e. The van der Waals surface area contributed by atoms with Crippen molar-refractivity contribution in [3.8, 4) is 5.75 Å². The van der Waals surface area contributed by atoms with Crippen molar-refractivity contribution in [1.29, 1.82) is 0 Å². The summed E-state index contributed by atoms with van der Waals surface area (Å²) in [6, 6.07) is 5.10. The van der Waals surface area contributed by atoms with Gasteiger partial charge in [-0.1, -0.05) is 6.07 Å². The molecule has 7 heteroatoms. The third-order valence-electron chi connectivity index (χ3n) is 3.30. The van der Waals surface area contributed by atoms with E-state index in [0.29, 0.717) is 18.7 Å². The number of ether oxygens (including phenoxy) is 1. The zero-order valence-corrected chi connectivity index (χ0v) is 13.9. The van der Waals surface area contributed by atoms with E-state index in [4.69, 9.17) is 4.74 Å². The number of methoxy groups -OCH3 is 1. The van der Waals surface area contributed by atoms with E-state index >= 15 is 0 Å². The van der Waals surface area contributed by atoms with Gasteiger partial charge in [0.25, 0.3) is 0 Å². The van der Waals surface area contributed by atoms with Crippen LogP contribution in [0.5, 0.6) is 5.75 Å². The number of rotatable bonds is 7. The van der Waals surface area contributed by atoms with Crippen LogP contribution in [0.15, 0.2) is 35.5 Å². The third kappa shape index (κ3) is 4.08. The molecule has 0 aliphatic heterocycles. The van der Waals surface area contributed by atoms with Gasteiger partial charge in [0.05, 0.1) is 13.3 Å². The summed E-state index contributed by atoms with van der Waals surface area (Å²) in [5.74, 6) is 0.352. The van der Waals surface area contributed by atoms with E-state index < -0.39 is 10.0 Å². The van der Waals surface area contributed by atoms with Crippen molar-refractivity contribution in [3.05, 3.63) is 41.7 Å². The normalized spacial score (nSPS) is 11.6. The molecular weight excluding hydrogens is 302 g/mol. The van der Waals surface area contributed by atoms with Crippen LogP contribution in [-0.4, -0.2) is 31.9 Å². The molecule has 6 nitrogen and oxygen atoms in total. The highest BCUT2D eigenvalue weighted by Gasteiger charge is 2.19. The average Bonchev–Trinajstić information content (AvgIpc) is 2.89. The summed E-state index contributed by atoms with van der Waals surface area (Å²) in [6.45, 7) is 2.22. The Balaban J connectivity index is 1.98. The van der Waals surface area contributed by atoms with E-state index in [-0.39, 0.29) is 4.90 Å². The second kappa shape index (κ2) is 6.93. The van der Waals surface area contributed by atoms with Crippen molar-refractivity contribution >= 4 is 10.0 Å². The van der Waals surface area contributed by atoms with Gasteiger partial charge in [-0.3, -0.25) is 4.68 Å². The van der Waals surface area contributed by atoms with Crippen LogP contribution < -0.4 is 9.46 Å². The molecule has 0 unspecified atom stereocenters. The second-order valence-corrected chi connectivity index (χ2v) is 6.91. The van der Waals surface area contributed by atoms with Gasteiger partial charge in [-0.05, 0) is 43.0 Å². The predicted octanol–water partition coefficient (Wildman–Crippen LogP) is 1.65. The van der Waals surface area contributed by atoms with Gasteiger partial charge in [0.1, 0.15) is 10.6 Å². The van der Waals surface area contributed by atoms with E-state index in [2.05, 4.69) is 9.82 Å². The van der Waals surface area contributed by atoms with Crippen LogP contribution in [0.25, 0.3) is 0 Å². The summed E-state index contributed by atoms with van der Waals surface area (Å²) >= 11 is 0. The van der Waals surface area contributed by atoms with Crippen molar-refractivity contribution < 1.29 is 13.2 Å². The summed E-state index contributed by atoms with van der Waals surface area (Å²) in [4.78, 5) is 0.177. The van der Waals surface area contributed by atoms with Crippen molar-refractivity contribution in [1.82, 2.24) is 14.5 Å². The topological polar surface area (TPSA) is 73.2 Å². The first-order chi connectivity index (χ1) is 10.4. The lowest BCUT2D eigenvalue weighted by molar-refractivity contribution is 0.402. The molecule has 1 heterocycles. The SMILES string of the molecule is COc1ccc(C)cc1S(=O)(=O)NCCCc1cnn(C)c1. The highest BCUT2D eigenvalue weighted by atomic mass is 32.2. The largest absolute Gasteiger partial charge is 0.495 e. The number of nitrogens with zero attached hydrogens (tertiary/aromatic N) is 2. The lowest BCUT2D eigenvalue weighted by Gasteiger charge is -2.11. The van der Waals surface area contributed by atoms with Gasteiger partial charge in [-0.15, -0.1) is 0 Å². The molecule has 0 saturated carbocycles. The molecule has 2 aromatic rings. The van der Waals surface area contributed by atoms with Gasteiger partial charge < -0.3 is 4.74 Å². The molecule has 1 N–H and O–H groups in total. The number of hydrogen-bond donors (Lipinski definition) is 1. The van der Waals surface area contributed by atoms with Gasteiger partial charge in [0.15, 0.2) is 0 Å². The third-order valence-corrected chi connectivity index (χ3v) is 4.78. The molecule has 0 aliphatic carbocycles. The number of nitrogens with one attached hydrogen (secondary N) is 1. The minimum absolute atomic E-state index is 0.177. The Kier molecular flexibility index (Phi) is 5.20. The van der Waals surface area contributed by atoms with Crippen molar-refractivity contribution in [3.63, 3.8) is 0 Å². The average molecular weight is 323 g/mol. The van der Waals surface area contributed by atoms with E-state index in [0.717, 1.165) is 17.5 Å². The lowest BCUT2D eigenvalue weighted by atomic mass is 10.2. The second-order valence-electron chi connectivity index (χ2n) is 5.18. The Morgan fingerprint density at radius 2 is 2.14 bits per heavy atom. The van der Waals surface area contributed by atoms with Gasteiger partial charge in [0, 0.05) is 19.8 Å². The molecule has 120 valence electrons. The molecule has 0 saturated heterocycles. The minimum Gasteiger partial charge on any atom is -0.495 e. The van der Waals surface area contributed by atoms with E-state index in [1.807, 2.05) is 26.2 Å². The van der Waals surface area contributed by atoms with E-state index in [1.54, 1.807) is 23.0 Å². The Bertz CT molecular complexity index is 738. The van der Waals surface area contributed by atoms with E-state index in [9.17, 15) is 8.42 Å². The van der Waals surface area contributed by atoms with Gasteiger partial charge in [0.2, 0.25) is 10.0 Å². The Morgan fingerprint density at radius 1 is 1.36 bits per heavy atom. The van der Waals surface area contributed by atoms with Gasteiger partial charge in [-0.25, -0.2) is 13.1 Å². The summed E-state index contributed by atoms with van der Waals surface area (Å²) in [7, 11) is -0.249. The first kappa shape index (κ1) is 16.5. The zero-order valence-electron chi connectivity index (χ0n) is 13.0. The first-order valence-electron chi connectivity index (χ1n) is 7.04. The quantitative estimate of drug-likeness (QED) is 0.786. The molecule has 0 radical (unpaired) electrons. The van der Waals surface area contributed by atoms with Gasteiger partial charge in [-0.2, -0.15) is 5.10 Å². The fraction of sp³-hybridized carbons (Fsp3) is 0.400. The molecule has 22 heavy (non-hydrogen) atoms. The summed E-state index contributed by atoms with van der Waals surface area (Å²) in [5, 5.41) is 4.09. The van der Waals surface area contributed by atoms with Crippen LogP contribution >= 0.6 is 0 Å². The zero-order chi connectivity index (χ0) is 16.2. The molecule has 1 aromatic heterocycles. The lowest BCUT2D eigenvalue weighted by Crippen LogP contribution is -2.25. The minimum atomic E-state index is -3.57. The maximum Gasteiger partial charge on any atom is 0.244 e. The summed E-state index contributed by atoms with van der Waals surface area (Å²) in [6.07, 6.45) is 5.20. The molecule has 0 aliphatic rings. The fourth-order valence-corrected chi connectivity index (χ4v) is 3.50. The Morgan fingerprint density at radius 3 is 2.77 bits per heavy atom. The molecule has 1 aromatic carbocycles. The van der Waals surface area contributed by atoms with Crippen molar-refractivity contribution in [2.45, 2.75) is 24.7 Å².